The van der Waals surface area contributed by atoms with Crippen molar-refractivity contribution in [3.63, 3.8) is 0 Å². The maximum atomic E-state index is 11.3. The van der Waals surface area contributed by atoms with E-state index in [-0.39, 0.29) is 5.91 Å². The molecular weight excluding hydrogens is 202 g/mol. The summed E-state index contributed by atoms with van der Waals surface area (Å²) in [6.07, 6.45) is 3.92. The Kier molecular flexibility index (Phi) is 3.17. The van der Waals surface area contributed by atoms with Crippen LogP contribution in [-0.2, 0) is 4.79 Å². The molecule has 2 heterocycles. The van der Waals surface area contributed by atoms with Crippen LogP contribution in [0.4, 0.5) is 0 Å². The van der Waals surface area contributed by atoms with Crippen LogP contribution in [0.5, 0.6) is 0 Å². The van der Waals surface area contributed by atoms with E-state index >= 15 is 0 Å². The molecule has 0 radical (unpaired) electrons. The number of aryl methyl sites for hydroxylation is 1. The van der Waals surface area contributed by atoms with E-state index < -0.39 is 0 Å². The molecule has 4 heteroatoms. The molecule has 1 atom stereocenters. The van der Waals surface area contributed by atoms with Crippen molar-refractivity contribution in [2.24, 2.45) is 0 Å². The number of likely N-dealkylation sites (tertiary alicyclic amines) is 1. The minimum Gasteiger partial charge on any atom is -0.342 e. The van der Waals surface area contributed by atoms with E-state index in [1.165, 1.54) is 0 Å². The van der Waals surface area contributed by atoms with Crippen LogP contribution < -0.4 is 0 Å². The van der Waals surface area contributed by atoms with E-state index in [4.69, 9.17) is 0 Å². The van der Waals surface area contributed by atoms with Crippen LogP contribution in [0.1, 0.15) is 37.2 Å². The Labute approximate surface area is 95.7 Å². The Morgan fingerprint density at radius 3 is 3.06 bits per heavy atom. The average Bonchev–Trinajstić information content (AvgIpc) is 2.29. The third-order valence-electron chi connectivity index (χ3n) is 3.05. The number of nitrogens with zero attached hydrogens (tertiary/aromatic N) is 3. The van der Waals surface area contributed by atoms with E-state index in [1.54, 1.807) is 13.1 Å². The average molecular weight is 219 g/mol. The van der Waals surface area contributed by atoms with E-state index in [0.717, 1.165) is 37.4 Å². The maximum Gasteiger partial charge on any atom is 0.219 e. The van der Waals surface area contributed by atoms with Crippen molar-refractivity contribution in [1.82, 2.24) is 14.9 Å². The Hall–Kier alpha value is -1.45. The van der Waals surface area contributed by atoms with Gasteiger partial charge in [0.05, 0.1) is 0 Å². The molecule has 0 spiro atoms. The number of carbonyl (C=O) groups excluding carboxylic acids is 1. The van der Waals surface area contributed by atoms with Gasteiger partial charge in [-0.05, 0) is 25.8 Å². The fraction of sp³-hybridized carbons (Fsp3) is 0.583. The van der Waals surface area contributed by atoms with Crippen LogP contribution in [0.15, 0.2) is 12.3 Å². The third-order valence-corrected chi connectivity index (χ3v) is 3.05. The summed E-state index contributed by atoms with van der Waals surface area (Å²) in [7, 11) is 0. The van der Waals surface area contributed by atoms with Gasteiger partial charge in [0.2, 0.25) is 5.91 Å². The van der Waals surface area contributed by atoms with Gasteiger partial charge in [-0.15, -0.1) is 0 Å². The Morgan fingerprint density at radius 1 is 1.56 bits per heavy atom. The molecule has 0 aliphatic carbocycles. The van der Waals surface area contributed by atoms with Crippen LogP contribution in [0.2, 0.25) is 0 Å². The van der Waals surface area contributed by atoms with Crippen molar-refractivity contribution in [3.05, 3.63) is 23.8 Å². The van der Waals surface area contributed by atoms with Crippen LogP contribution in [0, 0.1) is 6.92 Å². The third kappa shape index (κ3) is 2.38. The molecule has 1 aliphatic rings. The lowest BCUT2D eigenvalue weighted by atomic mass is 9.97. The van der Waals surface area contributed by atoms with Crippen molar-refractivity contribution in [2.45, 2.75) is 32.6 Å². The van der Waals surface area contributed by atoms with E-state index in [1.807, 2.05) is 17.9 Å². The minimum atomic E-state index is 0.150. The standard InChI is InChI=1S/C12H17N3O/c1-9-5-6-13-12(14-9)11-4-3-7-15(8-11)10(2)16/h5-6,11H,3-4,7-8H2,1-2H3. The number of hydrogen-bond donors (Lipinski definition) is 0. The number of piperidine rings is 1. The van der Waals surface area contributed by atoms with Gasteiger partial charge in [0.1, 0.15) is 5.82 Å². The number of amides is 1. The first-order valence-corrected chi connectivity index (χ1v) is 5.72. The van der Waals surface area contributed by atoms with Crippen molar-refractivity contribution in [2.75, 3.05) is 13.1 Å². The van der Waals surface area contributed by atoms with Crippen molar-refractivity contribution in [3.8, 4) is 0 Å². The minimum absolute atomic E-state index is 0.150. The molecule has 4 nitrogen and oxygen atoms in total. The Balaban J connectivity index is 2.12. The van der Waals surface area contributed by atoms with Crippen LogP contribution in [0.25, 0.3) is 0 Å². The topological polar surface area (TPSA) is 46.1 Å². The maximum absolute atomic E-state index is 11.3. The molecule has 86 valence electrons. The molecule has 0 saturated carbocycles. The second-order valence-electron chi connectivity index (χ2n) is 4.36. The van der Waals surface area contributed by atoms with Crippen molar-refractivity contribution >= 4 is 5.91 Å². The number of aromatic nitrogens is 2. The highest BCUT2D eigenvalue weighted by Gasteiger charge is 2.24. The van der Waals surface area contributed by atoms with E-state index in [0.29, 0.717) is 5.92 Å². The van der Waals surface area contributed by atoms with Crippen LogP contribution >= 0.6 is 0 Å². The van der Waals surface area contributed by atoms with Gasteiger partial charge in [-0.3, -0.25) is 4.79 Å². The highest BCUT2D eigenvalue weighted by atomic mass is 16.2. The van der Waals surface area contributed by atoms with E-state index in [2.05, 4.69) is 9.97 Å². The summed E-state index contributed by atoms with van der Waals surface area (Å²) in [5, 5.41) is 0. The molecule has 1 aromatic heterocycles. The zero-order valence-electron chi connectivity index (χ0n) is 9.81. The fourth-order valence-electron chi connectivity index (χ4n) is 2.14. The molecule has 1 fully saturated rings. The summed E-state index contributed by atoms with van der Waals surface area (Å²) < 4.78 is 0. The smallest absolute Gasteiger partial charge is 0.219 e. The van der Waals surface area contributed by atoms with Gasteiger partial charge in [0.25, 0.3) is 0 Å². The van der Waals surface area contributed by atoms with Gasteiger partial charge in [-0.25, -0.2) is 9.97 Å². The lowest BCUT2D eigenvalue weighted by Gasteiger charge is -2.31. The quantitative estimate of drug-likeness (QED) is 0.719. The van der Waals surface area contributed by atoms with Crippen LogP contribution in [0.3, 0.4) is 0 Å². The highest BCUT2D eigenvalue weighted by molar-refractivity contribution is 5.73. The zero-order chi connectivity index (χ0) is 11.5. The summed E-state index contributed by atoms with van der Waals surface area (Å²) >= 11 is 0. The molecule has 2 rings (SSSR count). The first-order chi connectivity index (χ1) is 7.66. The molecular formula is C12H17N3O. The first-order valence-electron chi connectivity index (χ1n) is 5.72. The normalized spacial score (nSPS) is 20.9. The summed E-state index contributed by atoms with van der Waals surface area (Å²) in [6, 6.07) is 1.90. The summed E-state index contributed by atoms with van der Waals surface area (Å²) in [4.78, 5) is 22.0. The first kappa shape index (κ1) is 11.0. The summed E-state index contributed by atoms with van der Waals surface area (Å²) in [5.74, 6) is 1.33. The molecule has 0 N–H and O–H groups in total. The second-order valence-corrected chi connectivity index (χ2v) is 4.36. The lowest BCUT2D eigenvalue weighted by Crippen LogP contribution is -2.38. The molecule has 1 amide bonds. The lowest BCUT2D eigenvalue weighted by molar-refractivity contribution is -0.130. The van der Waals surface area contributed by atoms with Gasteiger partial charge < -0.3 is 4.90 Å². The molecule has 1 saturated heterocycles. The Morgan fingerprint density at radius 2 is 2.38 bits per heavy atom. The van der Waals surface area contributed by atoms with Crippen molar-refractivity contribution in [1.29, 1.82) is 0 Å². The predicted octanol–water partition coefficient (Wildman–Crippen LogP) is 1.51. The number of rotatable bonds is 1. The zero-order valence-corrected chi connectivity index (χ0v) is 9.81. The van der Waals surface area contributed by atoms with Gasteiger partial charge in [-0.2, -0.15) is 0 Å². The van der Waals surface area contributed by atoms with Gasteiger partial charge in [0, 0.05) is 37.8 Å². The largest absolute Gasteiger partial charge is 0.342 e. The van der Waals surface area contributed by atoms with E-state index in [9.17, 15) is 4.79 Å². The molecule has 1 unspecified atom stereocenters. The highest BCUT2D eigenvalue weighted by Crippen LogP contribution is 2.24. The summed E-state index contributed by atoms with van der Waals surface area (Å²) in [6.45, 7) is 5.23. The summed E-state index contributed by atoms with van der Waals surface area (Å²) in [5.41, 5.74) is 0.991. The Bertz CT molecular complexity index is 392. The predicted molar refractivity (Wildman–Crippen MR) is 61.0 cm³/mol. The number of carbonyl (C=O) groups is 1. The number of hydrogen-bond acceptors (Lipinski definition) is 3. The molecule has 0 bridgehead atoms. The SMILES string of the molecule is CC(=O)N1CCCC(c2nccc(C)n2)C1. The van der Waals surface area contributed by atoms with Gasteiger partial charge >= 0.3 is 0 Å². The van der Waals surface area contributed by atoms with Crippen molar-refractivity contribution < 1.29 is 4.79 Å². The molecule has 1 aromatic rings. The van der Waals surface area contributed by atoms with Crippen LogP contribution in [-0.4, -0.2) is 33.9 Å². The van der Waals surface area contributed by atoms with Gasteiger partial charge in [-0.1, -0.05) is 0 Å². The molecule has 1 aliphatic heterocycles. The molecule has 0 aromatic carbocycles. The second kappa shape index (κ2) is 4.60. The van der Waals surface area contributed by atoms with Gasteiger partial charge in [0.15, 0.2) is 0 Å². The monoisotopic (exact) mass is 219 g/mol. The molecule has 16 heavy (non-hydrogen) atoms. The fourth-order valence-corrected chi connectivity index (χ4v) is 2.14.